The van der Waals surface area contributed by atoms with Crippen molar-refractivity contribution in [3.8, 4) is 11.4 Å². The summed E-state index contributed by atoms with van der Waals surface area (Å²) in [5.74, 6) is 2.17. The quantitative estimate of drug-likeness (QED) is 0.428. The Morgan fingerprint density at radius 2 is 2.06 bits per heavy atom. The van der Waals surface area contributed by atoms with Gasteiger partial charge in [0, 0.05) is 17.5 Å². The highest BCUT2D eigenvalue weighted by atomic mass is 19.1. The van der Waals surface area contributed by atoms with E-state index in [4.69, 9.17) is 4.74 Å². The number of fused-ring (bicyclic) bond motifs is 2. The second-order valence-corrected chi connectivity index (χ2v) is 9.33. The number of amides is 1. The van der Waals surface area contributed by atoms with Crippen molar-refractivity contribution in [1.82, 2.24) is 24.7 Å². The standard InChI is InChI=1S/C26H25FN6O2/c1-2-18(26(34)32-24-6-4-16(12-30-24)33-14-28-13-31-33)25-19-10-17(11-20(19)25)35-23-7-8-29-22-5-3-15(27)9-21(22)23/h3-9,12-14,17-20,25H,2,10-11H2,1H3,(H,30,32,34)/t17?,18?,19-,20+,25?. The zero-order valence-corrected chi connectivity index (χ0v) is 19.2. The van der Waals surface area contributed by atoms with Crippen LogP contribution in [0.15, 0.2) is 61.4 Å². The number of anilines is 1. The molecule has 3 aromatic heterocycles. The highest BCUT2D eigenvalue weighted by molar-refractivity contribution is 5.92. The van der Waals surface area contributed by atoms with Crippen molar-refractivity contribution in [2.45, 2.75) is 32.3 Å². The molecule has 8 nitrogen and oxygen atoms in total. The summed E-state index contributed by atoms with van der Waals surface area (Å²) in [6.45, 7) is 2.06. The summed E-state index contributed by atoms with van der Waals surface area (Å²) in [5.41, 5.74) is 1.50. The van der Waals surface area contributed by atoms with Crippen LogP contribution in [0.5, 0.6) is 5.75 Å². The largest absolute Gasteiger partial charge is 0.490 e. The molecule has 9 heteroatoms. The molecule has 0 aliphatic heterocycles. The van der Waals surface area contributed by atoms with Gasteiger partial charge in [-0.05, 0) is 73.4 Å². The van der Waals surface area contributed by atoms with Gasteiger partial charge in [-0.2, -0.15) is 5.10 Å². The van der Waals surface area contributed by atoms with Gasteiger partial charge < -0.3 is 10.1 Å². The molecule has 2 fully saturated rings. The lowest BCUT2D eigenvalue weighted by atomic mass is 9.93. The predicted octanol–water partition coefficient (Wildman–Crippen LogP) is 4.42. The van der Waals surface area contributed by atoms with Crippen molar-refractivity contribution < 1.29 is 13.9 Å². The van der Waals surface area contributed by atoms with Crippen molar-refractivity contribution in [3.63, 3.8) is 0 Å². The number of hydrogen-bond donors (Lipinski definition) is 1. The van der Waals surface area contributed by atoms with E-state index >= 15 is 0 Å². The van der Waals surface area contributed by atoms with Gasteiger partial charge in [0.05, 0.1) is 23.5 Å². The molecule has 178 valence electrons. The van der Waals surface area contributed by atoms with E-state index in [0.29, 0.717) is 34.7 Å². The lowest BCUT2D eigenvalue weighted by molar-refractivity contribution is -0.121. The molecule has 2 saturated carbocycles. The molecule has 0 saturated heterocycles. The van der Waals surface area contributed by atoms with Crippen molar-refractivity contribution >= 4 is 22.6 Å². The lowest BCUT2D eigenvalue weighted by Gasteiger charge is -2.21. The smallest absolute Gasteiger partial charge is 0.228 e. The Balaban J connectivity index is 1.07. The highest BCUT2D eigenvalue weighted by Crippen LogP contribution is 2.62. The molecule has 0 radical (unpaired) electrons. The predicted molar refractivity (Wildman–Crippen MR) is 127 cm³/mol. The highest BCUT2D eigenvalue weighted by Gasteiger charge is 2.60. The van der Waals surface area contributed by atoms with Gasteiger partial charge in [0.25, 0.3) is 0 Å². The molecule has 5 atom stereocenters. The van der Waals surface area contributed by atoms with E-state index in [1.54, 1.807) is 41.6 Å². The molecular weight excluding hydrogens is 447 g/mol. The van der Waals surface area contributed by atoms with Crippen molar-refractivity contribution in [2.24, 2.45) is 23.7 Å². The Morgan fingerprint density at radius 3 is 2.77 bits per heavy atom. The number of aromatic nitrogens is 5. The van der Waals surface area contributed by atoms with Gasteiger partial charge in [-0.15, -0.1) is 0 Å². The first-order valence-electron chi connectivity index (χ1n) is 11.9. The number of carbonyl (C=O) groups excluding carboxylic acids is 1. The van der Waals surface area contributed by atoms with E-state index < -0.39 is 0 Å². The van der Waals surface area contributed by atoms with E-state index in [9.17, 15) is 9.18 Å². The summed E-state index contributed by atoms with van der Waals surface area (Å²) in [6.07, 6.45) is 9.07. The van der Waals surface area contributed by atoms with Crippen LogP contribution in [-0.4, -0.2) is 36.7 Å². The van der Waals surface area contributed by atoms with E-state index in [1.165, 1.54) is 18.5 Å². The molecule has 0 spiro atoms. The van der Waals surface area contributed by atoms with Gasteiger partial charge in [-0.1, -0.05) is 6.92 Å². The fourth-order valence-corrected chi connectivity index (χ4v) is 5.70. The fraction of sp³-hybridized carbons (Fsp3) is 0.346. The number of benzene rings is 1. The average Bonchev–Trinajstić information content (AvgIpc) is 3.25. The molecule has 1 aromatic carbocycles. The minimum Gasteiger partial charge on any atom is -0.490 e. The van der Waals surface area contributed by atoms with Crippen LogP contribution in [-0.2, 0) is 4.79 Å². The van der Waals surface area contributed by atoms with E-state index in [1.807, 2.05) is 6.07 Å². The van der Waals surface area contributed by atoms with Crippen molar-refractivity contribution in [1.29, 1.82) is 0 Å². The van der Waals surface area contributed by atoms with E-state index in [-0.39, 0.29) is 23.7 Å². The molecular formula is C26H25FN6O2. The maximum absolute atomic E-state index is 13.8. The molecule has 0 bridgehead atoms. The summed E-state index contributed by atoms with van der Waals surface area (Å²) in [6, 6.07) is 9.97. The van der Waals surface area contributed by atoms with Crippen molar-refractivity contribution in [2.75, 3.05) is 5.32 Å². The van der Waals surface area contributed by atoms with Crippen LogP contribution in [0.2, 0.25) is 0 Å². The molecule has 6 rings (SSSR count). The number of carbonyl (C=O) groups is 1. The van der Waals surface area contributed by atoms with Gasteiger partial charge in [0.1, 0.15) is 30.0 Å². The second-order valence-electron chi connectivity index (χ2n) is 9.33. The molecule has 2 aliphatic carbocycles. The number of rotatable bonds is 7. The number of nitrogens with zero attached hydrogens (tertiary/aromatic N) is 5. The van der Waals surface area contributed by atoms with Crippen molar-refractivity contribution in [3.05, 3.63) is 67.3 Å². The zero-order valence-electron chi connectivity index (χ0n) is 19.2. The SMILES string of the molecule is CCC(C(=O)Nc1ccc(-n2cncn2)cn1)C1[C@H]2CC(Oc3ccnc4ccc(F)cc34)C[C@@H]12. The minimum atomic E-state index is -0.302. The Bertz CT molecular complexity index is 1350. The van der Waals surface area contributed by atoms with Crippen LogP contribution in [0.3, 0.4) is 0 Å². The second kappa shape index (κ2) is 8.72. The Morgan fingerprint density at radius 1 is 1.20 bits per heavy atom. The molecule has 3 unspecified atom stereocenters. The molecule has 4 aromatic rings. The van der Waals surface area contributed by atoms with Crippen LogP contribution < -0.4 is 10.1 Å². The minimum absolute atomic E-state index is 0.0148. The summed E-state index contributed by atoms with van der Waals surface area (Å²) in [7, 11) is 0. The molecule has 2 aliphatic rings. The molecule has 3 heterocycles. The Hall–Kier alpha value is -3.88. The van der Waals surface area contributed by atoms with Gasteiger partial charge in [-0.3, -0.25) is 9.78 Å². The third-order valence-electron chi connectivity index (χ3n) is 7.35. The maximum atomic E-state index is 13.8. The summed E-state index contributed by atoms with van der Waals surface area (Å²) in [4.78, 5) is 25.7. The third kappa shape index (κ3) is 4.11. The monoisotopic (exact) mass is 472 g/mol. The number of nitrogens with one attached hydrogen (secondary N) is 1. The number of pyridine rings is 2. The normalized spacial score (nSPS) is 23.6. The molecule has 35 heavy (non-hydrogen) atoms. The first-order valence-corrected chi connectivity index (χ1v) is 11.9. The van der Waals surface area contributed by atoms with Crippen LogP contribution >= 0.6 is 0 Å². The fourth-order valence-electron chi connectivity index (χ4n) is 5.70. The third-order valence-corrected chi connectivity index (χ3v) is 7.35. The zero-order chi connectivity index (χ0) is 23.9. The van der Waals surface area contributed by atoms with Gasteiger partial charge >= 0.3 is 0 Å². The van der Waals surface area contributed by atoms with Crippen LogP contribution in [0.4, 0.5) is 10.2 Å². The molecule has 1 N–H and O–H groups in total. The first kappa shape index (κ1) is 21.6. The van der Waals surface area contributed by atoms with E-state index in [2.05, 4.69) is 32.3 Å². The van der Waals surface area contributed by atoms with Crippen LogP contribution in [0, 0.1) is 29.5 Å². The van der Waals surface area contributed by atoms with Crippen LogP contribution in [0.25, 0.3) is 16.6 Å². The number of hydrogen-bond acceptors (Lipinski definition) is 6. The number of ether oxygens (including phenoxy) is 1. The number of halogens is 1. The molecule has 1 amide bonds. The average molecular weight is 473 g/mol. The summed E-state index contributed by atoms with van der Waals surface area (Å²) < 4.78 is 21.7. The lowest BCUT2D eigenvalue weighted by Crippen LogP contribution is -2.27. The van der Waals surface area contributed by atoms with E-state index in [0.717, 1.165) is 30.5 Å². The summed E-state index contributed by atoms with van der Waals surface area (Å²) >= 11 is 0. The van der Waals surface area contributed by atoms with Gasteiger partial charge in [0.15, 0.2) is 0 Å². The van der Waals surface area contributed by atoms with Crippen LogP contribution in [0.1, 0.15) is 26.2 Å². The Labute approximate surface area is 201 Å². The van der Waals surface area contributed by atoms with Gasteiger partial charge in [0.2, 0.25) is 5.91 Å². The maximum Gasteiger partial charge on any atom is 0.228 e. The summed E-state index contributed by atoms with van der Waals surface area (Å²) in [5, 5.41) is 7.76. The van der Waals surface area contributed by atoms with Gasteiger partial charge in [-0.25, -0.2) is 19.0 Å². The topological polar surface area (TPSA) is 94.8 Å². The Kier molecular flexibility index (Phi) is 5.39. The first-order chi connectivity index (χ1) is 17.1.